The smallest absolute Gasteiger partial charge is 0.450 e. The summed E-state index contributed by atoms with van der Waals surface area (Å²) in [5.74, 6) is 0.669. The Morgan fingerprint density at radius 2 is 1.56 bits per heavy atom. The second-order valence-corrected chi connectivity index (χ2v) is 3.79. The van der Waals surface area contributed by atoms with Gasteiger partial charge in [0.2, 0.25) is 0 Å². The highest BCUT2D eigenvalue weighted by Crippen LogP contribution is 2.32. The van der Waals surface area contributed by atoms with Crippen molar-refractivity contribution in [3.63, 3.8) is 0 Å². The minimum Gasteiger partial charge on any atom is -0.450 e. The van der Waals surface area contributed by atoms with Crippen LogP contribution < -0.4 is 0 Å². The van der Waals surface area contributed by atoms with E-state index in [1.165, 1.54) is 5.56 Å². The Balaban J connectivity index is 0.000000280. The van der Waals surface area contributed by atoms with Crippen molar-refractivity contribution in [1.82, 2.24) is 0 Å². The van der Waals surface area contributed by atoms with E-state index in [4.69, 9.17) is 15.0 Å². The SMILES string of the molecule is Cc1ccc(C(=O)C2CC2)cc1.O=C(O)O. The van der Waals surface area contributed by atoms with Gasteiger partial charge in [-0.25, -0.2) is 4.79 Å². The molecule has 0 aliphatic heterocycles. The van der Waals surface area contributed by atoms with E-state index in [-0.39, 0.29) is 0 Å². The van der Waals surface area contributed by atoms with Crippen LogP contribution >= 0.6 is 0 Å². The highest BCUT2D eigenvalue weighted by Gasteiger charge is 2.29. The monoisotopic (exact) mass is 222 g/mol. The quantitative estimate of drug-likeness (QED) is 0.754. The lowest BCUT2D eigenvalue weighted by Crippen LogP contribution is -2.00. The topological polar surface area (TPSA) is 74.6 Å². The Kier molecular flexibility index (Phi) is 4.05. The summed E-state index contributed by atoms with van der Waals surface area (Å²) in [5, 5.41) is 13.9. The van der Waals surface area contributed by atoms with Gasteiger partial charge in [-0.15, -0.1) is 0 Å². The second kappa shape index (κ2) is 5.30. The third-order valence-electron chi connectivity index (χ3n) is 2.28. The predicted molar refractivity (Wildman–Crippen MR) is 58.9 cm³/mol. The molecular weight excluding hydrogens is 208 g/mol. The molecule has 1 fully saturated rings. The molecule has 0 amide bonds. The van der Waals surface area contributed by atoms with Crippen LogP contribution in [0.3, 0.4) is 0 Å². The number of benzene rings is 1. The van der Waals surface area contributed by atoms with E-state index >= 15 is 0 Å². The molecule has 0 radical (unpaired) electrons. The molecule has 0 atom stereocenters. The number of hydrogen-bond donors (Lipinski definition) is 2. The predicted octanol–water partition coefficient (Wildman–Crippen LogP) is 2.81. The molecule has 1 aliphatic carbocycles. The molecule has 0 heterocycles. The zero-order chi connectivity index (χ0) is 12.1. The van der Waals surface area contributed by atoms with Gasteiger partial charge in [0.1, 0.15) is 0 Å². The summed E-state index contributed by atoms with van der Waals surface area (Å²) < 4.78 is 0. The van der Waals surface area contributed by atoms with Gasteiger partial charge in [0, 0.05) is 11.5 Å². The van der Waals surface area contributed by atoms with E-state index < -0.39 is 6.16 Å². The minimum absolute atomic E-state index is 0.329. The lowest BCUT2D eigenvalue weighted by Gasteiger charge is -1.98. The maximum atomic E-state index is 11.5. The van der Waals surface area contributed by atoms with Gasteiger partial charge in [-0.1, -0.05) is 29.8 Å². The van der Waals surface area contributed by atoms with E-state index in [2.05, 4.69) is 0 Å². The molecule has 1 aromatic carbocycles. The van der Waals surface area contributed by atoms with Crippen LogP contribution in [0, 0.1) is 12.8 Å². The van der Waals surface area contributed by atoms with Gasteiger partial charge in [0.05, 0.1) is 0 Å². The first kappa shape index (κ1) is 12.2. The number of carboxylic acid groups (broad SMARTS) is 2. The maximum absolute atomic E-state index is 11.5. The molecule has 0 bridgehead atoms. The molecule has 0 aromatic heterocycles. The van der Waals surface area contributed by atoms with Crippen molar-refractivity contribution >= 4 is 11.9 Å². The first-order valence-electron chi connectivity index (χ1n) is 5.03. The summed E-state index contributed by atoms with van der Waals surface area (Å²) in [6.07, 6.45) is 0.347. The van der Waals surface area contributed by atoms with Crippen LogP contribution in [0.4, 0.5) is 4.79 Å². The molecule has 2 N–H and O–H groups in total. The number of hydrogen-bond acceptors (Lipinski definition) is 2. The van der Waals surface area contributed by atoms with E-state index in [9.17, 15) is 4.79 Å². The summed E-state index contributed by atoms with van der Waals surface area (Å²) in [7, 11) is 0. The first-order valence-corrected chi connectivity index (χ1v) is 5.03. The van der Waals surface area contributed by atoms with Crippen LogP contribution in [0.15, 0.2) is 24.3 Å². The van der Waals surface area contributed by atoms with Crippen LogP contribution in [-0.2, 0) is 0 Å². The van der Waals surface area contributed by atoms with Gasteiger partial charge in [-0.05, 0) is 19.8 Å². The fourth-order valence-corrected chi connectivity index (χ4v) is 1.30. The maximum Gasteiger partial charge on any atom is 0.503 e. The Morgan fingerprint density at radius 3 is 1.94 bits per heavy atom. The molecule has 0 spiro atoms. The van der Waals surface area contributed by atoms with Gasteiger partial charge >= 0.3 is 6.16 Å². The highest BCUT2D eigenvalue weighted by molar-refractivity contribution is 5.99. The lowest BCUT2D eigenvalue weighted by molar-refractivity contribution is 0.0967. The van der Waals surface area contributed by atoms with Crippen molar-refractivity contribution < 1.29 is 19.8 Å². The zero-order valence-electron chi connectivity index (χ0n) is 9.01. The van der Waals surface area contributed by atoms with Crippen molar-refractivity contribution in [1.29, 1.82) is 0 Å². The van der Waals surface area contributed by atoms with Crippen LogP contribution in [0.25, 0.3) is 0 Å². The van der Waals surface area contributed by atoms with Gasteiger partial charge in [-0.3, -0.25) is 4.79 Å². The van der Waals surface area contributed by atoms with Crippen molar-refractivity contribution in [2.24, 2.45) is 5.92 Å². The molecular formula is C12H14O4. The number of ketones is 1. The lowest BCUT2D eigenvalue weighted by atomic mass is 10.1. The van der Waals surface area contributed by atoms with Crippen LogP contribution in [-0.4, -0.2) is 22.2 Å². The Hall–Kier alpha value is -1.84. The van der Waals surface area contributed by atoms with E-state index in [1.54, 1.807) is 0 Å². The molecule has 1 aliphatic rings. The minimum atomic E-state index is -1.83. The number of aryl methyl sites for hydroxylation is 1. The Bertz CT molecular complexity index is 373. The standard InChI is InChI=1S/C11H12O.CH2O3/c1-8-2-4-9(5-3-8)11(12)10-6-7-10;2-1(3)4/h2-5,10H,6-7H2,1H3;(H2,2,3,4). The summed E-state index contributed by atoms with van der Waals surface area (Å²) in [4.78, 5) is 20.1. The van der Waals surface area contributed by atoms with Crippen molar-refractivity contribution in [2.45, 2.75) is 19.8 Å². The number of carbonyl (C=O) groups is 2. The van der Waals surface area contributed by atoms with Crippen LogP contribution in [0.5, 0.6) is 0 Å². The van der Waals surface area contributed by atoms with Crippen molar-refractivity contribution in [3.05, 3.63) is 35.4 Å². The zero-order valence-corrected chi connectivity index (χ0v) is 9.01. The molecule has 86 valence electrons. The van der Waals surface area contributed by atoms with Gasteiger partial charge in [0.25, 0.3) is 0 Å². The average molecular weight is 222 g/mol. The van der Waals surface area contributed by atoms with E-state index in [0.29, 0.717) is 11.7 Å². The fraction of sp³-hybridized carbons (Fsp3) is 0.333. The number of carbonyl (C=O) groups excluding carboxylic acids is 1. The Labute approximate surface area is 93.5 Å². The molecule has 16 heavy (non-hydrogen) atoms. The molecule has 4 nitrogen and oxygen atoms in total. The molecule has 0 saturated heterocycles. The summed E-state index contributed by atoms with van der Waals surface area (Å²) in [6.45, 7) is 2.03. The largest absolute Gasteiger partial charge is 0.503 e. The Morgan fingerprint density at radius 1 is 1.12 bits per heavy atom. The van der Waals surface area contributed by atoms with E-state index in [1.807, 2.05) is 31.2 Å². The number of Topliss-reactive ketones (excluding diaryl/α,β-unsaturated/α-hetero) is 1. The summed E-state index contributed by atoms with van der Waals surface area (Å²) in [5.41, 5.74) is 2.09. The van der Waals surface area contributed by atoms with E-state index in [0.717, 1.165) is 18.4 Å². The van der Waals surface area contributed by atoms with Gasteiger partial charge in [-0.2, -0.15) is 0 Å². The van der Waals surface area contributed by atoms with Gasteiger partial charge in [0.15, 0.2) is 5.78 Å². The summed E-state index contributed by atoms with van der Waals surface area (Å²) in [6, 6.07) is 7.84. The second-order valence-electron chi connectivity index (χ2n) is 3.79. The highest BCUT2D eigenvalue weighted by atomic mass is 16.6. The fourth-order valence-electron chi connectivity index (χ4n) is 1.30. The normalized spacial score (nSPS) is 13.6. The molecule has 1 aromatic rings. The van der Waals surface area contributed by atoms with Crippen molar-refractivity contribution in [2.75, 3.05) is 0 Å². The summed E-state index contributed by atoms with van der Waals surface area (Å²) >= 11 is 0. The van der Waals surface area contributed by atoms with Crippen LogP contribution in [0.2, 0.25) is 0 Å². The first-order chi connectivity index (χ1) is 7.50. The molecule has 4 heteroatoms. The van der Waals surface area contributed by atoms with Gasteiger partial charge < -0.3 is 10.2 Å². The molecule has 0 unspecified atom stereocenters. The van der Waals surface area contributed by atoms with Crippen LogP contribution in [0.1, 0.15) is 28.8 Å². The molecule has 1 saturated carbocycles. The third kappa shape index (κ3) is 4.13. The molecule has 2 rings (SSSR count). The van der Waals surface area contributed by atoms with Crippen molar-refractivity contribution in [3.8, 4) is 0 Å². The number of rotatable bonds is 2. The average Bonchev–Trinajstić information content (AvgIpc) is 3.00. The third-order valence-corrected chi connectivity index (χ3v) is 2.28.